The third-order valence-corrected chi connectivity index (χ3v) is 6.24. The van der Waals surface area contributed by atoms with Gasteiger partial charge >= 0.3 is 0 Å². The minimum atomic E-state index is 0.319. The van der Waals surface area contributed by atoms with Crippen LogP contribution in [0.15, 0.2) is 82.6 Å². The molecule has 1 aliphatic rings. The number of hydrogen-bond acceptors (Lipinski definition) is 3. The van der Waals surface area contributed by atoms with Crippen LogP contribution in [0.2, 0.25) is 0 Å². The standard InChI is InChI=1S/C27H37NOS/c1-20(15-17-30)21(2)18-22(3)24(5)28(19-23(4)26-9-6-10-26)16-7-8-25-11-13-27(29)14-12-25/h11-15,17-19,26,29-30H,5-10,16H2,1-4H3/b17-15-,21-20+,22-18+,23-19+. The summed E-state index contributed by atoms with van der Waals surface area (Å²) in [7, 11) is 0. The van der Waals surface area contributed by atoms with E-state index in [0.717, 1.165) is 31.0 Å². The van der Waals surface area contributed by atoms with E-state index >= 15 is 0 Å². The Bertz CT molecular complexity index is 838. The maximum atomic E-state index is 9.48. The number of nitrogens with zero attached hydrogens (tertiary/aromatic N) is 1. The Morgan fingerprint density at radius 1 is 1.13 bits per heavy atom. The maximum Gasteiger partial charge on any atom is 0.115 e. The third kappa shape index (κ3) is 7.28. The van der Waals surface area contributed by atoms with Crippen molar-refractivity contribution >= 4 is 12.6 Å². The van der Waals surface area contributed by atoms with Crippen LogP contribution in [0.1, 0.15) is 58.9 Å². The molecular formula is C27H37NOS. The van der Waals surface area contributed by atoms with Crippen molar-refractivity contribution in [1.82, 2.24) is 4.90 Å². The molecule has 2 rings (SSSR count). The molecule has 0 aromatic heterocycles. The first-order valence-electron chi connectivity index (χ1n) is 10.9. The molecule has 1 saturated carbocycles. The van der Waals surface area contributed by atoms with E-state index < -0.39 is 0 Å². The molecule has 3 heteroatoms. The number of benzene rings is 1. The summed E-state index contributed by atoms with van der Waals surface area (Å²) in [6.45, 7) is 14.0. The average Bonchev–Trinajstić information content (AvgIpc) is 2.66. The molecule has 0 aliphatic heterocycles. The number of thiol groups is 1. The van der Waals surface area contributed by atoms with Gasteiger partial charge in [0.2, 0.25) is 0 Å². The van der Waals surface area contributed by atoms with E-state index in [2.05, 4.69) is 64.1 Å². The van der Waals surface area contributed by atoms with Crippen molar-refractivity contribution in [1.29, 1.82) is 0 Å². The van der Waals surface area contributed by atoms with E-state index in [9.17, 15) is 5.11 Å². The lowest BCUT2D eigenvalue weighted by Gasteiger charge is -2.30. The number of phenols is 1. The van der Waals surface area contributed by atoms with Gasteiger partial charge in [-0.05, 0) is 99.1 Å². The smallest absolute Gasteiger partial charge is 0.115 e. The van der Waals surface area contributed by atoms with Crippen LogP contribution in [-0.4, -0.2) is 16.6 Å². The summed E-state index contributed by atoms with van der Waals surface area (Å²) in [6, 6.07) is 7.52. The zero-order chi connectivity index (χ0) is 22.1. The zero-order valence-electron chi connectivity index (χ0n) is 19.0. The second-order valence-electron chi connectivity index (χ2n) is 8.42. The molecule has 2 nitrogen and oxygen atoms in total. The summed E-state index contributed by atoms with van der Waals surface area (Å²) >= 11 is 4.18. The highest BCUT2D eigenvalue weighted by Gasteiger charge is 2.20. The van der Waals surface area contributed by atoms with Crippen LogP contribution in [-0.2, 0) is 6.42 Å². The summed E-state index contributed by atoms with van der Waals surface area (Å²) in [5, 5.41) is 11.3. The first-order chi connectivity index (χ1) is 14.3. The van der Waals surface area contributed by atoms with Crippen LogP contribution in [0.25, 0.3) is 0 Å². The minimum absolute atomic E-state index is 0.319. The molecule has 0 bridgehead atoms. The molecule has 0 spiro atoms. The molecule has 0 heterocycles. The molecular weight excluding hydrogens is 386 g/mol. The first-order valence-corrected chi connectivity index (χ1v) is 11.4. The summed E-state index contributed by atoms with van der Waals surface area (Å²) in [5.41, 5.74) is 7.38. The van der Waals surface area contributed by atoms with Gasteiger partial charge < -0.3 is 10.0 Å². The quantitative estimate of drug-likeness (QED) is 0.299. The molecule has 1 aromatic rings. The van der Waals surface area contributed by atoms with Gasteiger partial charge in [0.25, 0.3) is 0 Å². The van der Waals surface area contributed by atoms with Crippen LogP contribution in [0.5, 0.6) is 5.75 Å². The Kier molecular flexibility index (Phi) is 9.58. The van der Waals surface area contributed by atoms with E-state index in [4.69, 9.17) is 0 Å². The van der Waals surface area contributed by atoms with Gasteiger partial charge in [0.05, 0.1) is 0 Å². The highest BCUT2D eigenvalue weighted by Crippen LogP contribution is 2.33. The third-order valence-electron chi connectivity index (χ3n) is 6.09. The molecule has 1 aliphatic carbocycles. The molecule has 1 aromatic carbocycles. The lowest BCUT2D eigenvalue weighted by molar-refractivity contribution is 0.356. The van der Waals surface area contributed by atoms with Gasteiger partial charge in [-0.1, -0.05) is 42.9 Å². The summed E-state index contributed by atoms with van der Waals surface area (Å²) < 4.78 is 0. The normalized spacial score (nSPS) is 16.4. The van der Waals surface area contributed by atoms with Gasteiger partial charge in [-0.3, -0.25) is 0 Å². The van der Waals surface area contributed by atoms with E-state index in [0.29, 0.717) is 5.75 Å². The van der Waals surface area contributed by atoms with Gasteiger partial charge in [-0.2, -0.15) is 12.6 Å². The predicted octanol–water partition coefficient (Wildman–Crippen LogP) is 7.57. The predicted molar refractivity (Wildman–Crippen MR) is 134 cm³/mol. The van der Waals surface area contributed by atoms with Crippen molar-refractivity contribution in [3.63, 3.8) is 0 Å². The number of aryl methyl sites for hydroxylation is 1. The molecule has 0 unspecified atom stereocenters. The maximum absolute atomic E-state index is 9.48. The van der Waals surface area contributed by atoms with Gasteiger partial charge in [0.1, 0.15) is 5.75 Å². The van der Waals surface area contributed by atoms with E-state index in [-0.39, 0.29) is 0 Å². The van der Waals surface area contributed by atoms with Crippen molar-refractivity contribution < 1.29 is 5.11 Å². The van der Waals surface area contributed by atoms with Crippen LogP contribution in [0.3, 0.4) is 0 Å². The first kappa shape index (κ1) is 24.1. The summed E-state index contributed by atoms with van der Waals surface area (Å²) in [4.78, 5) is 2.33. The van der Waals surface area contributed by atoms with Crippen molar-refractivity contribution in [2.45, 2.75) is 59.8 Å². The molecule has 0 saturated heterocycles. The van der Waals surface area contributed by atoms with Crippen molar-refractivity contribution in [3.05, 3.63) is 88.2 Å². The average molecular weight is 424 g/mol. The van der Waals surface area contributed by atoms with Crippen molar-refractivity contribution in [3.8, 4) is 5.75 Å². The lowest BCUT2D eigenvalue weighted by Crippen LogP contribution is -2.22. The molecule has 1 fully saturated rings. The second kappa shape index (κ2) is 11.9. The highest BCUT2D eigenvalue weighted by atomic mass is 32.1. The van der Waals surface area contributed by atoms with Crippen LogP contribution in [0.4, 0.5) is 0 Å². The Hall–Kier alpha value is -2.13. The number of aromatic hydroxyl groups is 1. The van der Waals surface area contributed by atoms with Gasteiger partial charge in [-0.25, -0.2) is 0 Å². The SMILES string of the molecule is C=C(/C(C)=C/C(C)=C(C)/C=C\S)N(/C=C(\C)C1CCC1)CCCc1ccc(O)cc1. The monoisotopic (exact) mass is 423 g/mol. The number of phenolic OH excluding ortho intramolecular Hbond substituents is 1. The van der Waals surface area contributed by atoms with Gasteiger partial charge in [0, 0.05) is 18.4 Å². The Balaban J connectivity index is 2.14. The largest absolute Gasteiger partial charge is 0.508 e. The molecule has 0 amide bonds. The summed E-state index contributed by atoms with van der Waals surface area (Å²) in [6.07, 6.45) is 12.5. The molecule has 1 N–H and O–H groups in total. The Morgan fingerprint density at radius 3 is 2.37 bits per heavy atom. The van der Waals surface area contributed by atoms with E-state index in [1.54, 1.807) is 17.5 Å². The zero-order valence-corrected chi connectivity index (χ0v) is 19.9. The fourth-order valence-electron chi connectivity index (χ4n) is 3.60. The minimum Gasteiger partial charge on any atom is -0.508 e. The Labute approximate surface area is 188 Å². The Morgan fingerprint density at radius 2 is 1.80 bits per heavy atom. The lowest BCUT2D eigenvalue weighted by atomic mass is 9.80. The fraction of sp³-hybridized carbons (Fsp3) is 0.407. The summed E-state index contributed by atoms with van der Waals surface area (Å²) in [5.74, 6) is 1.05. The molecule has 162 valence electrons. The van der Waals surface area contributed by atoms with Gasteiger partial charge in [-0.15, -0.1) is 0 Å². The van der Waals surface area contributed by atoms with Gasteiger partial charge in [0.15, 0.2) is 0 Å². The van der Waals surface area contributed by atoms with Crippen molar-refractivity contribution in [2.75, 3.05) is 6.54 Å². The van der Waals surface area contributed by atoms with E-state index in [1.807, 2.05) is 18.2 Å². The van der Waals surface area contributed by atoms with Crippen LogP contribution in [0, 0.1) is 5.92 Å². The van der Waals surface area contributed by atoms with Crippen LogP contribution < -0.4 is 0 Å². The molecule has 30 heavy (non-hydrogen) atoms. The topological polar surface area (TPSA) is 23.5 Å². The highest BCUT2D eigenvalue weighted by molar-refractivity contribution is 7.83. The molecule has 0 radical (unpaired) electrons. The molecule has 0 atom stereocenters. The number of hydrogen-bond donors (Lipinski definition) is 2. The number of allylic oxidation sites excluding steroid dienone is 6. The van der Waals surface area contributed by atoms with E-state index in [1.165, 1.54) is 47.1 Å². The van der Waals surface area contributed by atoms with Crippen LogP contribution >= 0.6 is 12.6 Å². The fourth-order valence-corrected chi connectivity index (χ4v) is 3.82. The second-order valence-corrected chi connectivity index (χ2v) is 8.72. The van der Waals surface area contributed by atoms with Crippen molar-refractivity contribution in [2.24, 2.45) is 5.92 Å². The number of rotatable bonds is 10.